The first-order valence-corrected chi connectivity index (χ1v) is 7.77. The fourth-order valence-corrected chi connectivity index (χ4v) is 2.99. The van der Waals surface area contributed by atoms with E-state index in [0.717, 1.165) is 24.3 Å². The molecular weight excluding hydrogens is 274 g/mol. The van der Waals surface area contributed by atoms with Crippen molar-refractivity contribution in [1.29, 1.82) is 0 Å². The Labute approximate surface area is 131 Å². The molecule has 0 aliphatic carbocycles. The fraction of sp³-hybridized carbons (Fsp3) is 0.368. The van der Waals surface area contributed by atoms with Gasteiger partial charge in [0.25, 0.3) is 0 Å². The van der Waals surface area contributed by atoms with Crippen LogP contribution in [0.2, 0.25) is 0 Å². The van der Waals surface area contributed by atoms with Gasteiger partial charge in [-0.3, -0.25) is 0 Å². The fourth-order valence-electron chi connectivity index (χ4n) is 2.99. The van der Waals surface area contributed by atoms with Crippen LogP contribution in [0.4, 0.5) is 0 Å². The molecule has 1 aliphatic heterocycles. The second-order valence-electron chi connectivity index (χ2n) is 6.51. The highest BCUT2D eigenvalue weighted by Gasteiger charge is 2.29. The molecule has 0 amide bonds. The van der Waals surface area contributed by atoms with E-state index >= 15 is 0 Å². The predicted octanol–water partition coefficient (Wildman–Crippen LogP) is 3.22. The number of aliphatic hydroxyl groups excluding tert-OH is 1. The van der Waals surface area contributed by atoms with Crippen molar-refractivity contribution in [2.75, 3.05) is 6.61 Å². The van der Waals surface area contributed by atoms with Crippen molar-refractivity contribution in [1.82, 2.24) is 5.32 Å². The maximum Gasteiger partial charge on any atom is 0.123 e. The zero-order valence-corrected chi connectivity index (χ0v) is 13.2. The normalized spacial score (nSPS) is 16.9. The second-order valence-corrected chi connectivity index (χ2v) is 6.51. The lowest BCUT2D eigenvalue weighted by molar-refractivity contribution is 0.138. The number of fused-ring (bicyclic) bond motifs is 1. The van der Waals surface area contributed by atoms with E-state index in [1.807, 2.05) is 30.3 Å². The average Bonchev–Trinajstić information content (AvgIpc) is 2.82. The van der Waals surface area contributed by atoms with Crippen molar-refractivity contribution in [3.63, 3.8) is 0 Å². The number of hydrogen-bond acceptors (Lipinski definition) is 3. The quantitative estimate of drug-likeness (QED) is 0.890. The molecule has 2 aromatic rings. The summed E-state index contributed by atoms with van der Waals surface area (Å²) in [5.41, 5.74) is 3.49. The lowest BCUT2D eigenvalue weighted by Gasteiger charge is -2.17. The maximum atomic E-state index is 9.60. The van der Waals surface area contributed by atoms with E-state index in [2.05, 4.69) is 37.4 Å². The largest absolute Gasteiger partial charge is 0.487 e. The van der Waals surface area contributed by atoms with Crippen LogP contribution in [0.15, 0.2) is 48.5 Å². The van der Waals surface area contributed by atoms with Crippen LogP contribution in [0.1, 0.15) is 36.6 Å². The third kappa shape index (κ3) is 3.32. The molecule has 3 nitrogen and oxygen atoms in total. The smallest absolute Gasteiger partial charge is 0.123 e. The average molecular weight is 297 g/mol. The number of benzene rings is 2. The van der Waals surface area contributed by atoms with Crippen molar-refractivity contribution in [2.24, 2.45) is 0 Å². The van der Waals surface area contributed by atoms with Crippen LogP contribution in [-0.4, -0.2) is 17.3 Å². The molecule has 2 aromatic carbocycles. The number of aliphatic hydroxyl groups is 1. The monoisotopic (exact) mass is 297 g/mol. The molecule has 1 aliphatic rings. The molecule has 0 saturated carbocycles. The predicted molar refractivity (Wildman–Crippen MR) is 88.0 cm³/mol. The van der Waals surface area contributed by atoms with Gasteiger partial charge in [0.2, 0.25) is 0 Å². The molecule has 1 unspecified atom stereocenters. The molecule has 0 aromatic heterocycles. The van der Waals surface area contributed by atoms with Gasteiger partial charge in [0, 0.05) is 13.0 Å². The third-order valence-electron chi connectivity index (χ3n) is 4.06. The van der Waals surface area contributed by atoms with Crippen molar-refractivity contribution in [3.8, 4) is 5.75 Å². The molecule has 0 bridgehead atoms. The molecule has 3 heteroatoms. The Hall–Kier alpha value is -1.84. The summed E-state index contributed by atoms with van der Waals surface area (Å²) in [7, 11) is 0. The first-order valence-electron chi connectivity index (χ1n) is 7.77. The standard InChI is InChI=1S/C19H23NO2/c1-19(2)11-16-10-14(8-9-18(16)22-19)12-20-17(13-21)15-6-4-3-5-7-15/h3-10,17,20-21H,11-13H2,1-2H3. The summed E-state index contributed by atoms with van der Waals surface area (Å²) in [6, 6.07) is 16.4. The molecular formula is C19H23NO2. The molecule has 0 radical (unpaired) electrons. The molecule has 2 N–H and O–H groups in total. The summed E-state index contributed by atoms with van der Waals surface area (Å²) in [6.07, 6.45) is 0.943. The minimum absolute atomic E-state index is 0.0397. The summed E-state index contributed by atoms with van der Waals surface area (Å²) in [6.45, 7) is 5.04. The van der Waals surface area contributed by atoms with Crippen LogP contribution in [0, 0.1) is 0 Å². The number of ether oxygens (including phenoxy) is 1. The van der Waals surface area contributed by atoms with E-state index in [4.69, 9.17) is 4.74 Å². The molecule has 0 fully saturated rings. The molecule has 0 spiro atoms. The highest BCUT2D eigenvalue weighted by Crippen LogP contribution is 2.35. The van der Waals surface area contributed by atoms with Gasteiger partial charge in [-0.2, -0.15) is 0 Å². The van der Waals surface area contributed by atoms with Crippen molar-refractivity contribution < 1.29 is 9.84 Å². The number of nitrogens with one attached hydrogen (secondary N) is 1. The number of hydrogen-bond donors (Lipinski definition) is 2. The van der Waals surface area contributed by atoms with E-state index in [0.29, 0.717) is 0 Å². The molecule has 0 saturated heterocycles. The summed E-state index contributed by atoms with van der Waals surface area (Å²) >= 11 is 0. The highest BCUT2D eigenvalue weighted by atomic mass is 16.5. The summed E-state index contributed by atoms with van der Waals surface area (Å²) in [4.78, 5) is 0. The van der Waals surface area contributed by atoms with Gasteiger partial charge >= 0.3 is 0 Å². The Morgan fingerprint density at radius 1 is 1.18 bits per heavy atom. The van der Waals surface area contributed by atoms with Crippen molar-refractivity contribution in [2.45, 2.75) is 38.5 Å². The van der Waals surface area contributed by atoms with Crippen LogP contribution in [0.5, 0.6) is 5.75 Å². The number of rotatable bonds is 5. The Morgan fingerprint density at radius 3 is 2.68 bits per heavy atom. The molecule has 22 heavy (non-hydrogen) atoms. The van der Waals surface area contributed by atoms with Crippen LogP contribution >= 0.6 is 0 Å². The minimum atomic E-state index is -0.105. The Morgan fingerprint density at radius 2 is 1.95 bits per heavy atom. The van der Waals surface area contributed by atoms with Crippen LogP contribution in [-0.2, 0) is 13.0 Å². The van der Waals surface area contributed by atoms with E-state index in [-0.39, 0.29) is 18.2 Å². The Balaban J connectivity index is 1.67. The van der Waals surface area contributed by atoms with Gasteiger partial charge in [0.1, 0.15) is 11.4 Å². The topological polar surface area (TPSA) is 41.5 Å². The second kappa shape index (κ2) is 6.11. The molecule has 3 rings (SSSR count). The SMILES string of the molecule is CC1(C)Cc2cc(CNC(CO)c3ccccc3)ccc2O1. The Bertz CT molecular complexity index is 637. The van der Waals surface area contributed by atoms with Gasteiger partial charge in [0.05, 0.1) is 12.6 Å². The van der Waals surface area contributed by atoms with E-state index < -0.39 is 0 Å². The molecule has 1 atom stereocenters. The highest BCUT2D eigenvalue weighted by molar-refractivity contribution is 5.41. The van der Waals surface area contributed by atoms with Gasteiger partial charge < -0.3 is 15.2 Å². The van der Waals surface area contributed by atoms with Gasteiger partial charge in [-0.15, -0.1) is 0 Å². The molecule has 1 heterocycles. The van der Waals surface area contributed by atoms with Crippen LogP contribution < -0.4 is 10.1 Å². The van der Waals surface area contributed by atoms with E-state index in [1.54, 1.807) is 0 Å². The molecule has 116 valence electrons. The minimum Gasteiger partial charge on any atom is -0.487 e. The first kappa shape index (κ1) is 15.1. The third-order valence-corrected chi connectivity index (χ3v) is 4.06. The lowest BCUT2D eigenvalue weighted by Crippen LogP contribution is -2.24. The summed E-state index contributed by atoms with van der Waals surface area (Å²) in [5, 5.41) is 13.0. The van der Waals surface area contributed by atoms with Crippen molar-refractivity contribution in [3.05, 3.63) is 65.2 Å². The van der Waals surface area contributed by atoms with E-state index in [1.165, 1.54) is 11.1 Å². The first-order chi connectivity index (χ1) is 10.6. The zero-order chi connectivity index (χ0) is 15.6. The van der Waals surface area contributed by atoms with Gasteiger partial charge in [0.15, 0.2) is 0 Å². The lowest BCUT2D eigenvalue weighted by atomic mass is 10.00. The maximum absolute atomic E-state index is 9.60. The van der Waals surface area contributed by atoms with Crippen molar-refractivity contribution >= 4 is 0 Å². The van der Waals surface area contributed by atoms with Crippen LogP contribution in [0.3, 0.4) is 0 Å². The van der Waals surface area contributed by atoms with Crippen LogP contribution in [0.25, 0.3) is 0 Å². The van der Waals surface area contributed by atoms with E-state index in [9.17, 15) is 5.11 Å². The van der Waals surface area contributed by atoms with Gasteiger partial charge in [-0.25, -0.2) is 0 Å². The summed E-state index contributed by atoms with van der Waals surface area (Å²) in [5.74, 6) is 0.996. The zero-order valence-electron chi connectivity index (χ0n) is 13.2. The Kier molecular flexibility index (Phi) is 4.19. The summed E-state index contributed by atoms with van der Waals surface area (Å²) < 4.78 is 5.90. The van der Waals surface area contributed by atoms with Gasteiger partial charge in [-0.1, -0.05) is 42.5 Å². The van der Waals surface area contributed by atoms with Gasteiger partial charge in [-0.05, 0) is 36.6 Å².